The first-order chi connectivity index (χ1) is 14.5. The van der Waals surface area contributed by atoms with E-state index in [-0.39, 0.29) is 16.6 Å². The maximum Gasteiger partial charge on any atom is 0.196 e. The molecule has 1 N–H and O–H groups in total. The van der Waals surface area contributed by atoms with Gasteiger partial charge < -0.3 is 4.90 Å². The highest BCUT2D eigenvalue weighted by molar-refractivity contribution is 6.14. The van der Waals surface area contributed by atoms with E-state index in [9.17, 15) is 4.79 Å². The second kappa shape index (κ2) is 8.96. The number of quaternary nitrogens is 1. The second-order valence-corrected chi connectivity index (χ2v) is 10.9. The van der Waals surface area contributed by atoms with Gasteiger partial charge in [-0.15, -0.1) is 0 Å². The summed E-state index contributed by atoms with van der Waals surface area (Å²) >= 11 is 0. The van der Waals surface area contributed by atoms with E-state index in [1.54, 1.807) is 0 Å². The van der Waals surface area contributed by atoms with Crippen LogP contribution in [0.15, 0.2) is 59.7 Å². The summed E-state index contributed by atoms with van der Waals surface area (Å²) in [7, 11) is 0. The van der Waals surface area contributed by atoms with Crippen molar-refractivity contribution in [2.24, 2.45) is 0 Å². The van der Waals surface area contributed by atoms with Crippen molar-refractivity contribution in [3.63, 3.8) is 0 Å². The lowest BCUT2D eigenvalue weighted by molar-refractivity contribution is -0.889. The van der Waals surface area contributed by atoms with Gasteiger partial charge in [-0.2, -0.15) is 0 Å². The van der Waals surface area contributed by atoms with Gasteiger partial charge in [0, 0.05) is 0 Å². The third-order valence-corrected chi connectivity index (χ3v) is 6.20. The van der Waals surface area contributed by atoms with Crippen LogP contribution in [-0.4, -0.2) is 25.4 Å². The van der Waals surface area contributed by atoms with Crippen molar-refractivity contribution in [1.29, 1.82) is 0 Å². The van der Waals surface area contributed by atoms with Crippen molar-refractivity contribution >= 4 is 17.9 Å². The minimum Gasteiger partial charge on any atom is -0.327 e. The largest absolute Gasteiger partial charge is 0.327 e. The second-order valence-electron chi connectivity index (χ2n) is 10.9. The Morgan fingerprint density at radius 1 is 0.710 bits per heavy atom. The van der Waals surface area contributed by atoms with Gasteiger partial charge in [0.25, 0.3) is 0 Å². The van der Waals surface area contributed by atoms with Gasteiger partial charge >= 0.3 is 0 Å². The molecule has 3 rings (SSSR count). The third-order valence-electron chi connectivity index (χ3n) is 6.20. The number of ketones is 1. The summed E-state index contributed by atoms with van der Waals surface area (Å²) in [5.74, 6) is 0.192. The Bertz CT molecular complexity index is 898. The molecule has 1 fully saturated rings. The summed E-state index contributed by atoms with van der Waals surface area (Å²) in [6.07, 6.45) is 4.17. The highest BCUT2D eigenvalue weighted by Gasteiger charge is 2.28. The predicted octanol–water partition coefficient (Wildman–Crippen LogP) is 5.24. The highest BCUT2D eigenvalue weighted by atomic mass is 16.1. The summed E-state index contributed by atoms with van der Waals surface area (Å²) in [4.78, 5) is 14.7. The van der Waals surface area contributed by atoms with Gasteiger partial charge in [0.2, 0.25) is 0 Å². The zero-order valence-corrected chi connectivity index (χ0v) is 20.3. The summed E-state index contributed by atoms with van der Waals surface area (Å²) < 4.78 is 0. The van der Waals surface area contributed by atoms with Crippen LogP contribution in [0.5, 0.6) is 0 Å². The average molecular weight is 417 g/mol. The molecule has 1 aliphatic rings. The lowest BCUT2D eigenvalue weighted by Crippen LogP contribution is -3.13. The number of carbonyl (C=O) groups is 1. The van der Waals surface area contributed by atoms with Crippen LogP contribution in [0.4, 0.5) is 0 Å². The molecule has 1 unspecified atom stereocenters. The molecule has 1 aliphatic heterocycles. The van der Waals surface area contributed by atoms with Gasteiger partial charge in [-0.1, -0.05) is 90.1 Å². The van der Waals surface area contributed by atoms with E-state index >= 15 is 0 Å². The first kappa shape index (κ1) is 23.2. The van der Waals surface area contributed by atoms with Crippen molar-refractivity contribution in [3.8, 4) is 0 Å². The SMILES string of the molecule is CC[NH+]1C/C(=C/c2ccc(C(C)(C)C)cc2)C(=O)/C(=C/c2ccc(C(C)(C)C)cc2)C1. The smallest absolute Gasteiger partial charge is 0.196 e. The monoisotopic (exact) mass is 416 g/mol. The minimum atomic E-state index is 0.133. The molecule has 0 aliphatic carbocycles. The molecule has 2 aromatic rings. The van der Waals surface area contributed by atoms with E-state index < -0.39 is 0 Å². The van der Waals surface area contributed by atoms with Crippen molar-refractivity contribution in [2.45, 2.75) is 59.3 Å². The number of Topliss-reactive ketones (excluding diaryl/α,β-unsaturated/α-hetero) is 1. The predicted molar refractivity (Wildman–Crippen MR) is 132 cm³/mol. The molecule has 2 heteroatoms. The Morgan fingerprint density at radius 3 is 1.35 bits per heavy atom. The number of nitrogens with one attached hydrogen (secondary N) is 1. The molecule has 0 saturated carbocycles. The van der Waals surface area contributed by atoms with Crippen molar-refractivity contribution in [1.82, 2.24) is 0 Å². The number of benzene rings is 2. The first-order valence-electron chi connectivity index (χ1n) is 11.5. The van der Waals surface area contributed by atoms with Gasteiger partial charge in [-0.3, -0.25) is 4.79 Å². The van der Waals surface area contributed by atoms with Crippen LogP contribution in [0.2, 0.25) is 0 Å². The molecule has 1 saturated heterocycles. The van der Waals surface area contributed by atoms with E-state index in [4.69, 9.17) is 0 Å². The Kier molecular flexibility index (Phi) is 6.71. The van der Waals surface area contributed by atoms with Crippen LogP contribution >= 0.6 is 0 Å². The summed E-state index contributed by atoms with van der Waals surface area (Å²) in [6, 6.07) is 17.3. The van der Waals surface area contributed by atoms with Crippen molar-refractivity contribution < 1.29 is 9.69 Å². The topological polar surface area (TPSA) is 21.5 Å². The van der Waals surface area contributed by atoms with E-state index in [0.29, 0.717) is 0 Å². The molecule has 1 heterocycles. The average Bonchev–Trinajstić information content (AvgIpc) is 2.70. The molecule has 2 aromatic carbocycles. The van der Waals surface area contributed by atoms with E-state index in [2.05, 4.69) is 109 Å². The lowest BCUT2D eigenvalue weighted by Gasteiger charge is -2.26. The molecule has 31 heavy (non-hydrogen) atoms. The molecule has 0 bridgehead atoms. The zero-order chi connectivity index (χ0) is 22.8. The van der Waals surface area contributed by atoms with Crippen LogP contribution in [0, 0.1) is 0 Å². The normalized spacial score (nSPS) is 20.5. The fourth-order valence-corrected chi connectivity index (χ4v) is 4.01. The Balaban J connectivity index is 1.89. The summed E-state index contributed by atoms with van der Waals surface area (Å²) in [5, 5.41) is 0. The van der Waals surface area contributed by atoms with Gasteiger partial charge in [-0.25, -0.2) is 0 Å². The standard InChI is InChI=1S/C29H37NO/c1-8-30-19-23(17-21-9-13-25(14-10-21)28(2,3)4)27(31)24(20-30)18-22-11-15-26(16-12-22)29(5,6)7/h9-18H,8,19-20H2,1-7H3/p+1/b23-17-,24-18+. The maximum absolute atomic E-state index is 13.3. The summed E-state index contributed by atoms with van der Waals surface area (Å²) in [6.45, 7) is 18.1. The molecule has 0 amide bonds. The molecule has 0 radical (unpaired) electrons. The quantitative estimate of drug-likeness (QED) is 0.679. The Labute approximate surface area is 188 Å². The number of likely N-dealkylation sites (N-methyl/N-ethyl adjacent to an activating group) is 1. The van der Waals surface area contributed by atoms with Gasteiger partial charge in [0.15, 0.2) is 5.78 Å². The van der Waals surface area contributed by atoms with Crippen LogP contribution in [0.25, 0.3) is 12.2 Å². The fraction of sp³-hybridized carbons (Fsp3) is 0.414. The summed E-state index contributed by atoms with van der Waals surface area (Å²) in [5.41, 5.74) is 6.90. The fourth-order valence-electron chi connectivity index (χ4n) is 4.01. The molecule has 0 aromatic heterocycles. The van der Waals surface area contributed by atoms with Gasteiger partial charge in [0.1, 0.15) is 13.1 Å². The molecule has 1 atom stereocenters. The van der Waals surface area contributed by atoms with Gasteiger partial charge in [-0.05, 0) is 52.2 Å². The number of piperidine rings is 1. The van der Waals surface area contributed by atoms with Crippen LogP contribution in [0.1, 0.15) is 70.7 Å². The molecular weight excluding hydrogens is 378 g/mol. The Morgan fingerprint density at radius 2 is 1.06 bits per heavy atom. The van der Waals surface area contributed by atoms with Crippen molar-refractivity contribution in [2.75, 3.05) is 19.6 Å². The van der Waals surface area contributed by atoms with Crippen LogP contribution in [-0.2, 0) is 15.6 Å². The van der Waals surface area contributed by atoms with Crippen molar-refractivity contribution in [3.05, 3.63) is 81.9 Å². The van der Waals surface area contributed by atoms with Gasteiger partial charge in [0.05, 0.1) is 17.7 Å². The van der Waals surface area contributed by atoms with E-state index in [1.165, 1.54) is 16.0 Å². The third kappa shape index (κ3) is 5.83. The molecule has 164 valence electrons. The number of rotatable bonds is 3. The van der Waals surface area contributed by atoms with E-state index in [0.717, 1.165) is 41.9 Å². The highest BCUT2D eigenvalue weighted by Crippen LogP contribution is 2.25. The molecular formula is C29H38NO+. The zero-order valence-electron chi connectivity index (χ0n) is 20.3. The number of likely N-dealkylation sites (tertiary alicyclic amines) is 1. The number of hydrogen-bond donors (Lipinski definition) is 1. The lowest BCUT2D eigenvalue weighted by atomic mass is 9.86. The van der Waals surface area contributed by atoms with Crippen LogP contribution in [0.3, 0.4) is 0 Å². The Hall–Kier alpha value is -2.45. The number of hydrogen-bond acceptors (Lipinski definition) is 1. The minimum absolute atomic E-state index is 0.133. The van der Waals surface area contributed by atoms with Crippen LogP contribution < -0.4 is 4.90 Å². The van der Waals surface area contributed by atoms with E-state index in [1.807, 2.05) is 0 Å². The number of carbonyl (C=O) groups excluding carboxylic acids is 1. The first-order valence-corrected chi connectivity index (χ1v) is 11.5. The molecule has 0 spiro atoms. The molecule has 2 nitrogen and oxygen atoms in total. The maximum atomic E-state index is 13.3.